The van der Waals surface area contributed by atoms with E-state index in [2.05, 4.69) is 15.3 Å². The maximum absolute atomic E-state index is 13.4. The second-order valence-corrected chi connectivity index (χ2v) is 4.43. The molecule has 0 aliphatic rings. The molecule has 2 rings (SSSR count). The molecule has 0 radical (unpaired) electrons. The van der Waals surface area contributed by atoms with Gasteiger partial charge in [-0.15, -0.1) is 0 Å². The van der Waals surface area contributed by atoms with Gasteiger partial charge in [0.1, 0.15) is 11.5 Å². The standard InChI is InChI=1S/C12H10ClFN4O2/c1-6-11(18(19)20)10(17-12(15-2)16-6)7-3-8(13)5-9(14)4-7/h3-5H,1-2H3,(H,15,16,17). The number of hydrogen-bond donors (Lipinski definition) is 1. The lowest BCUT2D eigenvalue weighted by atomic mass is 10.1. The summed E-state index contributed by atoms with van der Waals surface area (Å²) < 4.78 is 13.4. The average Bonchev–Trinajstić information content (AvgIpc) is 2.35. The van der Waals surface area contributed by atoms with Crippen molar-refractivity contribution in [1.82, 2.24) is 9.97 Å². The van der Waals surface area contributed by atoms with E-state index in [1.54, 1.807) is 7.05 Å². The molecule has 0 atom stereocenters. The van der Waals surface area contributed by atoms with Gasteiger partial charge >= 0.3 is 5.69 Å². The fourth-order valence-electron chi connectivity index (χ4n) is 1.79. The smallest absolute Gasteiger partial charge is 0.316 e. The lowest BCUT2D eigenvalue weighted by Gasteiger charge is -2.08. The Balaban J connectivity index is 2.76. The molecule has 20 heavy (non-hydrogen) atoms. The van der Waals surface area contributed by atoms with Crippen LogP contribution in [0, 0.1) is 22.9 Å². The van der Waals surface area contributed by atoms with Crippen LogP contribution in [0.4, 0.5) is 16.0 Å². The fraction of sp³-hybridized carbons (Fsp3) is 0.167. The van der Waals surface area contributed by atoms with Crippen LogP contribution in [0.1, 0.15) is 5.69 Å². The van der Waals surface area contributed by atoms with Crippen LogP contribution < -0.4 is 5.32 Å². The highest BCUT2D eigenvalue weighted by atomic mass is 35.5. The molecule has 0 unspecified atom stereocenters. The van der Waals surface area contributed by atoms with E-state index in [9.17, 15) is 14.5 Å². The minimum atomic E-state index is -0.594. The van der Waals surface area contributed by atoms with E-state index >= 15 is 0 Å². The molecule has 104 valence electrons. The van der Waals surface area contributed by atoms with Crippen molar-refractivity contribution in [3.05, 3.63) is 44.8 Å². The Labute approximate surface area is 118 Å². The highest BCUT2D eigenvalue weighted by molar-refractivity contribution is 6.30. The number of hydrogen-bond acceptors (Lipinski definition) is 5. The Bertz CT molecular complexity index is 673. The second kappa shape index (κ2) is 5.38. The minimum Gasteiger partial charge on any atom is -0.357 e. The molecule has 0 fully saturated rings. The van der Waals surface area contributed by atoms with Gasteiger partial charge in [0, 0.05) is 17.6 Å². The Morgan fingerprint density at radius 1 is 1.35 bits per heavy atom. The van der Waals surface area contributed by atoms with Gasteiger partial charge in [-0.1, -0.05) is 11.6 Å². The van der Waals surface area contributed by atoms with Gasteiger partial charge in [0.05, 0.1) is 4.92 Å². The predicted octanol–water partition coefficient (Wildman–Crippen LogP) is 3.19. The molecule has 0 spiro atoms. The zero-order valence-corrected chi connectivity index (χ0v) is 11.4. The Morgan fingerprint density at radius 2 is 2.05 bits per heavy atom. The molecule has 0 aliphatic carbocycles. The number of halogens is 2. The van der Waals surface area contributed by atoms with Gasteiger partial charge in [0.25, 0.3) is 0 Å². The predicted molar refractivity (Wildman–Crippen MR) is 73.4 cm³/mol. The van der Waals surface area contributed by atoms with Crippen molar-refractivity contribution in [2.75, 3.05) is 12.4 Å². The van der Waals surface area contributed by atoms with Crippen molar-refractivity contribution in [2.24, 2.45) is 0 Å². The van der Waals surface area contributed by atoms with Gasteiger partial charge in [-0.2, -0.15) is 0 Å². The summed E-state index contributed by atoms with van der Waals surface area (Å²) in [4.78, 5) is 18.6. The molecule has 0 saturated carbocycles. The molecule has 8 heteroatoms. The molecule has 1 N–H and O–H groups in total. The molecule has 1 heterocycles. The molecule has 1 aromatic heterocycles. The first kappa shape index (κ1) is 14.1. The quantitative estimate of drug-likeness (QED) is 0.695. The Hall–Kier alpha value is -2.28. The zero-order chi connectivity index (χ0) is 14.9. The number of nitro groups is 1. The Morgan fingerprint density at radius 3 is 2.60 bits per heavy atom. The van der Waals surface area contributed by atoms with Crippen LogP contribution in [-0.4, -0.2) is 21.9 Å². The van der Waals surface area contributed by atoms with Crippen molar-refractivity contribution in [3.8, 4) is 11.3 Å². The number of rotatable bonds is 3. The fourth-order valence-corrected chi connectivity index (χ4v) is 2.01. The average molecular weight is 297 g/mol. The van der Waals surface area contributed by atoms with Crippen LogP contribution in [0.2, 0.25) is 5.02 Å². The lowest BCUT2D eigenvalue weighted by molar-refractivity contribution is -0.385. The molecule has 0 amide bonds. The van der Waals surface area contributed by atoms with E-state index in [4.69, 9.17) is 11.6 Å². The van der Waals surface area contributed by atoms with Crippen molar-refractivity contribution < 1.29 is 9.31 Å². The summed E-state index contributed by atoms with van der Waals surface area (Å²) in [6.07, 6.45) is 0. The highest BCUT2D eigenvalue weighted by Gasteiger charge is 2.23. The summed E-state index contributed by atoms with van der Waals surface area (Å²) in [7, 11) is 1.59. The number of benzene rings is 1. The molecule has 6 nitrogen and oxygen atoms in total. The van der Waals surface area contributed by atoms with E-state index in [0.29, 0.717) is 0 Å². The van der Waals surface area contributed by atoms with Crippen LogP contribution in [0.15, 0.2) is 18.2 Å². The van der Waals surface area contributed by atoms with Gasteiger partial charge in [0.2, 0.25) is 5.95 Å². The SMILES string of the molecule is CNc1nc(C)c([N+](=O)[O-])c(-c2cc(F)cc(Cl)c2)n1. The molecule has 2 aromatic rings. The first-order valence-electron chi connectivity index (χ1n) is 5.59. The van der Waals surface area contributed by atoms with Crippen molar-refractivity contribution in [3.63, 3.8) is 0 Å². The summed E-state index contributed by atoms with van der Waals surface area (Å²) in [5, 5.41) is 14.0. The van der Waals surface area contributed by atoms with Gasteiger partial charge < -0.3 is 5.32 Å². The second-order valence-electron chi connectivity index (χ2n) is 4.00. The lowest BCUT2D eigenvalue weighted by Crippen LogP contribution is -2.05. The van der Waals surface area contributed by atoms with Crippen molar-refractivity contribution in [1.29, 1.82) is 0 Å². The maximum atomic E-state index is 13.4. The molecular formula is C12H10ClFN4O2. The number of nitrogens with zero attached hydrogens (tertiary/aromatic N) is 3. The van der Waals surface area contributed by atoms with Crippen molar-refractivity contribution >= 4 is 23.2 Å². The topological polar surface area (TPSA) is 81.0 Å². The minimum absolute atomic E-state index is 0.0215. The summed E-state index contributed by atoms with van der Waals surface area (Å²) in [6, 6.07) is 3.67. The van der Waals surface area contributed by atoms with Crippen LogP contribution in [-0.2, 0) is 0 Å². The first-order valence-corrected chi connectivity index (χ1v) is 5.97. The summed E-state index contributed by atoms with van der Waals surface area (Å²) in [5.41, 5.74) is 0.160. The monoisotopic (exact) mass is 296 g/mol. The largest absolute Gasteiger partial charge is 0.357 e. The van der Waals surface area contributed by atoms with Crippen LogP contribution in [0.25, 0.3) is 11.3 Å². The number of anilines is 1. The normalized spacial score (nSPS) is 10.4. The molecule has 0 saturated heterocycles. The van der Waals surface area contributed by atoms with Crippen LogP contribution >= 0.6 is 11.6 Å². The summed E-state index contributed by atoms with van der Waals surface area (Å²) >= 11 is 5.78. The third-order valence-electron chi connectivity index (χ3n) is 2.60. The maximum Gasteiger partial charge on any atom is 0.316 e. The number of aryl methyl sites for hydroxylation is 1. The molecule has 0 bridgehead atoms. The van der Waals surface area contributed by atoms with E-state index in [-0.39, 0.29) is 33.6 Å². The van der Waals surface area contributed by atoms with Gasteiger partial charge in [-0.3, -0.25) is 10.1 Å². The highest BCUT2D eigenvalue weighted by Crippen LogP contribution is 2.32. The van der Waals surface area contributed by atoms with Gasteiger partial charge in [0.15, 0.2) is 5.69 Å². The van der Waals surface area contributed by atoms with E-state index in [1.165, 1.54) is 13.0 Å². The molecular weight excluding hydrogens is 287 g/mol. The summed E-state index contributed by atoms with van der Waals surface area (Å²) in [6.45, 7) is 1.49. The molecule has 1 aromatic carbocycles. The van der Waals surface area contributed by atoms with E-state index < -0.39 is 10.7 Å². The van der Waals surface area contributed by atoms with E-state index in [1.807, 2.05) is 0 Å². The third-order valence-corrected chi connectivity index (χ3v) is 2.82. The number of nitrogens with one attached hydrogen (secondary N) is 1. The molecule has 0 aliphatic heterocycles. The zero-order valence-electron chi connectivity index (χ0n) is 10.6. The first-order chi connectivity index (χ1) is 9.42. The van der Waals surface area contributed by atoms with Gasteiger partial charge in [-0.25, -0.2) is 14.4 Å². The third kappa shape index (κ3) is 2.67. The van der Waals surface area contributed by atoms with Crippen molar-refractivity contribution in [2.45, 2.75) is 6.92 Å². The van der Waals surface area contributed by atoms with Crippen LogP contribution in [0.5, 0.6) is 0 Å². The summed E-state index contributed by atoms with van der Waals surface area (Å²) in [5.74, 6) is -0.382. The Kier molecular flexibility index (Phi) is 3.80. The van der Waals surface area contributed by atoms with E-state index in [0.717, 1.165) is 12.1 Å². The van der Waals surface area contributed by atoms with Crippen LogP contribution in [0.3, 0.4) is 0 Å². The van der Waals surface area contributed by atoms with Gasteiger partial charge in [-0.05, 0) is 25.1 Å². The number of aromatic nitrogens is 2.